The van der Waals surface area contributed by atoms with Gasteiger partial charge in [-0.2, -0.15) is 0 Å². The molecular formula is C19H21ClFN7O. The maximum atomic E-state index is 14.5. The monoisotopic (exact) mass is 417 g/mol. The minimum absolute atomic E-state index is 0.106. The number of anilines is 1. The first kappa shape index (κ1) is 19.4. The third-order valence-corrected chi connectivity index (χ3v) is 5.32. The number of hydrogen-bond acceptors (Lipinski definition) is 5. The van der Waals surface area contributed by atoms with Crippen LogP contribution in [-0.4, -0.2) is 45.1 Å². The highest BCUT2D eigenvalue weighted by atomic mass is 35.5. The highest BCUT2D eigenvalue weighted by Crippen LogP contribution is 2.29. The lowest BCUT2D eigenvalue weighted by Gasteiger charge is -2.33. The number of nitrogens with zero attached hydrogens (tertiary/aromatic N) is 3. The fourth-order valence-electron chi connectivity index (χ4n) is 3.65. The third kappa shape index (κ3) is 4.09. The summed E-state index contributed by atoms with van der Waals surface area (Å²) in [5, 5.41) is 9.90. The lowest BCUT2D eigenvalue weighted by atomic mass is 9.90. The number of hydrogen-bond donors (Lipinski definition) is 4. The number of halogens is 2. The highest BCUT2D eigenvalue weighted by molar-refractivity contribution is 6.31. The number of pyridine rings is 1. The van der Waals surface area contributed by atoms with Crippen LogP contribution >= 0.6 is 11.6 Å². The Morgan fingerprint density at radius 3 is 2.83 bits per heavy atom. The van der Waals surface area contributed by atoms with E-state index in [0.29, 0.717) is 22.1 Å². The Balaban J connectivity index is 1.62. The fourth-order valence-corrected chi connectivity index (χ4v) is 3.81. The molecule has 152 valence electrons. The van der Waals surface area contributed by atoms with Gasteiger partial charge in [-0.25, -0.2) is 24.1 Å². The molecule has 10 heteroatoms. The molecule has 8 nitrogen and oxygen atoms in total. The van der Waals surface area contributed by atoms with Gasteiger partial charge in [-0.1, -0.05) is 24.4 Å². The van der Waals surface area contributed by atoms with Crippen molar-refractivity contribution in [1.29, 1.82) is 0 Å². The zero-order valence-electron chi connectivity index (χ0n) is 15.8. The summed E-state index contributed by atoms with van der Waals surface area (Å²) in [6.07, 6.45) is 8.04. The van der Waals surface area contributed by atoms with Crippen molar-refractivity contribution >= 4 is 34.5 Å². The van der Waals surface area contributed by atoms with E-state index in [1.807, 2.05) is 0 Å². The molecule has 1 saturated carbocycles. The SMILES string of the molecule is CNC(=O)N[C@@H]1CCCC[C@@H]1Nc1nc(-c2c[nH]c3ncc(Cl)cc23)ncc1F. The highest BCUT2D eigenvalue weighted by Gasteiger charge is 2.27. The predicted molar refractivity (Wildman–Crippen MR) is 109 cm³/mol. The minimum atomic E-state index is -0.547. The lowest BCUT2D eigenvalue weighted by Crippen LogP contribution is -2.51. The molecule has 0 saturated heterocycles. The van der Waals surface area contributed by atoms with Crippen LogP contribution in [-0.2, 0) is 0 Å². The van der Waals surface area contributed by atoms with Gasteiger partial charge in [0, 0.05) is 36.4 Å². The average Bonchev–Trinajstić information content (AvgIpc) is 3.14. The van der Waals surface area contributed by atoms with E-state index in [9.17, 15) is 9.18 Å². The summed E-state index contributed by atoms with van der Waals surface area (Å²) in [6, 6.07) is 1.27. The predicted octanol–water partition coefficient (Wildman–Crippen LogP) is 3.46. The van der Waals surface area contributed by atoms with Gasteiger partial charge in [-0.05, 0) is 18.9 Å². The summed E-state index contributed by atoms with van der Waals surface area (Å²) in [5.74, 6) is -0.0835. The van der Waals surface area contributed by atoms with Crippen LogP contribution in [0.3, 0.4) is 0 Å². The van der Waals surface area contributed by atoms with E-state index >= 15 is 0 Å². The van der Waals surface area contributed by atoms with Crippen LogP contribution in [0.1, 0.15) is 25.7 Å². The largest absolute Gasteiger partial charge is 0.363 e. The Hall–Kier alpha value is -2.94. The number of carbonyl (C=O) groups excluding carboxylic acids is 1. The van der Waals surface area contributed by atoms with E-state index < -0.39 is 5.82 Å². The molecule has 0 aromatic carbocycles. The average molecular weight is 418 g/mol. The minimum Gasteiger partial charge on any atom is -0.363 e. The molecule has 4 N–H and O–H groups in total. The number of amides is 2. The number of carbonyl (C=O) groups is 1. The van der Waals surface area contributed by atoms with Crippen LogP contribution in [0.15, 0.2) is 24.7 Å². The quantitative estimate of drug-likeness (QED) is 0.520. The van der Waals surface area contributed by atoms with Crippen LogP contribution in [0.4, 0.5) is 15.0 Å². The van der Waals surface area contributed by atoms with E-state index in [2.05, 4.69) is 35.9 Å². The van der Waals surface area contributed by atoms with Crippen molar-refractivity contribution in [3.63, 3.8) is 0 Å². The maximum Gasteiger partial charge on any atom is 0.314 e. The molecule has 1 aliphatic rings. The topological polar surface area (TPSA) is 108 Å². The number of nitrogens with one attached hydrogen (secondary N) is 4. The summed E-state index contributed by atoms with van der Waals surface area (Å²) in [4.78, 5) is 27.6. The van der Waals surface area contributed by atoms with Crippen molar-refractivity contribution in [2.75, 3.05) is 12.4 Å². The van der Waals surface area contributed by atoms with Gasteiger partial charge in [-0.3, -0.25) is 0 Å². The first-order valence-corrected chi connectivity index (χ1v) is 9.83. The first-order valence-electron chi connectivity index (χ1n) is 9.45. The van der Waals surface area contributed by atoms with E-state index in [1.165, 1.54) is 0 Å². The summed E-state index contributed by atoms with van der Waals surface area (Å²) in [5.41, 5.74) is 1.33. The van der Waals surface area contributed by atoms with Gasteiger partial charge in [-0.15, -0.1) is 0 Å². The third-order valence-electron chi connectivity index (χ3n) is 5.11. The van der Waals surface area contributed by atoms with E-state index in [-0.39, 0.29) is 23.9 Å². The Labute approximate surface area is 171 Å². The first-order chi connectivity index (χ1) is 14.0. The molecule has 0 spiro atoms. The number of H-pyrrole nitrogens is 1. The fraction of sp³-hybridized carbons (Fsp3) is 0.368. The second-order valence-electron chi connectivity index (χ2n) is 7.01. The smallest absolute Gasteiger partial charge is 0.314 e. The summed E-state index contributed by atoms with van der Waals surface area (Å²) < 4.78 is 14.5. The molecule has 2 amide bonds. The van der Waals surface area contributed by atoms with Crippen molar-refractivity contribution in [2.45, 2.75) is 37.8 Å². The van der Waals surface area contributed by atoms with Crippen molar-refractivity contribution in [3.8, 4) is 11.4 Å². The molecule has 1 aliphatic carbocycles. The van der Waals surface area contributed by atoms with Crippen LogP contribution < -0.4 is 16.0 Å². The van der Waals surface area contributed by atoms with E-state index in [1.54, 1.807) is 25.5 Å². The summed E-state index contributed by atoms with van der Waals surface area (Å²) in [6.45, 7) is 0. The van der Waals surface area contributed by atoms with Crippen LogP contribution in [0, 0.1) is 5.82 Å². The van der Waals surface area contributed by atoms with Gasteiger partial charge in [0.15, 0.2) is 17.5 Å². The van der Waals surface area contributed by atoms with Crippen LogP contribution in [0.2, 0.25) is 5.02 Å². The number of fused-ring (bicyclic) bond motifs is 1. The molecule has 4 rings (SSSR count). The van der Waals surface area contributed by atoms with E-state index in [0.717, 1.165) is 37.3 Å². The molecule has 29 heavy (non-hydrogen) atoms. The Bertz CT molecular complexity index is 1040. The number of urea groups is 1. The molecule has 3 aromatic heterocycles. The zero-order chi connectivity index (χ0) is 20.4. The molecule has 0 aliphatic heterocycles. The summed E-state index contributed by atoms with van der Waals surface area (Å²) in [7, 11) is 1.57. The Morgan fingerprint density at radius 2 is 2.03 bits per heavy atom. The summed E-state index contributed by atoms with van der Waals surface area (Å²) >= 11 is 6.06. The number of aromatic amines is 1. The van der Waals surface area contributed by atoms with Crippen molar-refractivity contribution in [1.82, 2.24) is 30.6 Å². The number of aromatic nitrogens is 4. The molecule has 0 unspecified atom stereocenters. The van der Waals surface area contributed by atoms with Gasteiger partial charge in [0.25, 0.3) is 0 Å². The van der Waals surface area contributed by atoms with Crippen LogP contribution in [0.5, 0.6) is 0 Å². The van der Waals surface area contributed by atoms with Crippen LogP contribution in [0.25, 0.3) is 22.4 Å². The molecule has 1 fully saturated rings. The van der Waals surface area contributed by atoms with Crippen molar-refractivity contribution < 1.29 is 9.18 Å². The molecule has 3 aromatic rings. The molecule has 2 atom stereocenters. The standard InChI is InChI=1S/C19H21ClFN7O/c1-22-19(29)27-15-5-3-2-4-14(15)26-18-13(21)9-25-17(28-18)12-8-24-16-11(12)6-10(20)7-23-16/h6-9,14-15H,2-5H2,1H3,(H,23,24)(H2,22,27,29)(H,25,26,28)/t14-,15+/m0/s1. The molecule has 3 heterocycles. The van der Waals surface area contributed by atoms with Crippen molar-refractivity contribution in [2.24, 2.45) is 0 Å². The maximum absolute atomic E-state index is 14.5. The van der Waals surface area contributed by atoms with Crippen molar-refractivity contribution in [3.05, 3.63) is 35.5 Å². The van der Waals surface area contributed by atoms with Gasteiger partial charge in [0.1, 0.15) is 5.65 Å². The Kier molecular flexibility index (Phi) is 5.48. The van der Waals surface area contributed by atoms with Gasteiger partial charge in [0.2, 0.25) is 0 Å². The second kappa shape index (κ2) is 8.20. The Morgan fingerprint density at radius 1 is 1.24 bits per heavy atom. The molecular weight excluding hydrogens is 397 g/mol. The zero-order valence-corrected chi connectivity index (χ0v) is 16.6. The lowest BCUT2D eigenvalue weighted by molar-refractivity contribution is 0.232. The van der Waals surface area contributed by atoms with E-state index in [4.69, 9.17) is 11.6 Å². The molecule has 0 radical (unpaired) electrons. The normalized spacial score (nSPS) is 19.1. The van der Waals surface area contributed by atoms with Gasteiger partial charge >= 0.3 is 6.03 Å². The van der Waals surface area contributed by atoms with Gasteiger partial charge < -0.3 is 20.9 Å². The number of rotatable bonds is 4. The molecule has 0 bridgehead atoms. The second-order valence-corrected chi connectivity index (χ2v) is 7.44. The van der Waals surface area contributed by atoms with Gasteiger partial charge in [0.05, 0.1) is 17.3 Å².